The van der Waals surface area contributed by atoms with E-state index in [-0.39, 0.29) is 5.69 Å². The average molecular weight is 237 g/mol. The molecule has 3 nitrogen and oxygen atoms in total. The highest BCUT2D eigenvalue weighted by Gasteiger charge is 2.30. The Bertz CT molecular complexity index is 561. The molecule has 86 valence electrons. The summed E-state index contributed by atoms with van der Waals surface area (Å²) in [4.78, 5) is 6.57. The van der Waals surface area contributed by atoms with E-state index in [1.165, 1.54) is 18.3 Å². The van der Waals surface area contributed by atoms with Gasteiger partial charge in [0.05, 0.1) is 11.8 Å². The molecule has 0 fully saturated rings. The second-order valence-corrected chi connectivity index (χ2v) is 3.33. The molecule has 0 aliphatic carbocycles. The van der Waals surface area contributed by atoms with Crippen LogP contribution in [0.4, 0.5) is 13.2 Å². The predicted octanol–water partition coefficient (Wildman–Crippen LogP) is 2.97. The molecule has 0 spiro atoms. The molecule has 0 aliphatic heterocycles. The van der Waals surface area contributed by atoms with Crippen LogP contribution < -0.4 is 0 Å². The van der Waals surface area contributed by atoms with Gasteiger partial charge in [-0.05, 0) is 12.1 Å². The van der Waals surface area contributed by atoms with Crippen molar-refractivity contribution in [1.82, 2.24) is 9.97 Å². The van der Waals surface area contributed by atoms with Crippen LogP contribution in [-0.4, -0.2) is 9.97 Å². The van der Waals surface area contributed by atoms with Crippen molar-refractivity contribution in [2.75, 3.05) is 0 Å². The van der Waals surface area contributed by atoms with Crippen LogP contribution in [0.15, 0.2) is 30.5 Å². The number of imidazole rings is 1. The maximum Gasteiger partial charge on any atom is 0.416 e. The number of benzene rings is 1. The predicted molar refractivity (Wildman–Crippen MR) is 53.7 cm³/mol. The van der Waals surface area contributed by atoms with Gasteiger partial charge in [0.1, 0.15) is 17.6 Å². The number of nitrogens with one attached hydrogen (secondary N) is 1. The van der Waals surface area contributed by atoms with Crippen LogP contribution in [0.5, 0.6) is 0 Å². The van der Waals surface area contributed by atoms with Gasteiger partial charge in [-0.15, -0.1) is 0 Å². The summed E-state index contributed by atoms with van der Waals surface area (Å²) >= 11 is 0. The zero-order valence-electron chi connectivity index (χ0n) is 8.42. The molecule has 0 unspecified atom stereocenters. The Morgan fingerprint density at radius 3 is 2.29 bits per heavy atom. The first kappa shape index (κ1) is 11.2. The number of hydrogen-bond acceptors (Lipinski definition) is 2. The highest BCUT2D eigenvalue weighted by Crippen LogP contribution is 2.30. The van der Waals surface area contributed by atoms with Crippen molar-refractivity contribution in [3.63, 3.8) is 0 Å². The van der Waals surface area contributed by atoms with E-state index in [1.807, 2.05) is 6.07 Å². The fraction of sp³-hybridized carbons (Fsp3) is 0.0909. The molecule has 2 rings (SSSR count). The van der Waals surface area contributed by atoms with Gasteiger partial charge < -0.3 is 4.98 Å². The van der Waals surface area contributed by atoms with Crippen molar-refractivity contribution >= 4 is 0 Å². The maximum absolute atomic E-state index is 12.3. The molecule has 2 aromatic rings. The number of hydrogen-bond donors (Lipinski definition) is 1. The summed E-state index contributed by atoms with van der Waals surface area (Å²) in [5.41, 5.74) is 0.0488. The van der Waals surface area contributed by atoms with Gasteiger partial charge in [-0.3, -0.25) is 0 Å². The minimum Gasteiger partial charge on any atom is -0.330 e. The molecular weight excluding hydrogens is 231 g/mol. The Kier molecular flexibility index (Phi) is 2.60. The number of nitrogens with zero attached hydrogens (tertiary/aromatic N) is 2. The number of aromatic amines is 1. The first-order valence-electron chi connectivity index (χ1n) is 4.63. The molecule has 0 saturated heterocycles. The van der Waals surface area contributed by atoms with Gasteiger partial charge in [0, 0.05) is 5.56 Å². The molecule has 0 atom stereocenters. The Labute approximate surface area is 94.5 Å². The van der Waals surface area contributed by atoms with Gasteiger partial charge in [0.25, 0.3) is 0 Å². The van der Waals surface area contributed by atoms with Crippen molar-refractivity contribution in [2.24, 2.45) is 0 Å². The zero-order chi connectivity index (χ0) is 12.5. The fourth-order valence-corrected chi connectivity index (χ4v) is 1.34. The van der Waals surface area contributed by atoms with Crippen LogP contribution in [0.1, 0.15) is 11.3 Å². The van der Waals surface area contributed by atoms with Crippen LogP contribution in [-0.2, 0) is 6.18 Å². The summed E-state index contributed by atoms with van der Waals surface area (Å²) in [5, 5.41) is 8.58. The topological polar surface area (TPSA) is 52.5 Å². The molecule has 0 radical (unpaired) electrons. The second-order valence-electron chi connectivity index (χ2n) is 3.33. The molecule has 1 N–H and O–H groups in total. The number of rotatable bonds is 1. The van der Waals surface area contributed by atoms with Crippen LogP contribution >= 0.6 is 0 Å². The SMILES string of the molecule is N#Cc1cnc(-c2ccc(C(F)(F)F)cc2)[nH]1. The summed E-state index contributed by atoms with van der Waals surface area (Å²) < 4.78 is 36.9. The third kappa shape index (κ3) is 2.28. The zero-order valence-corrected chi connectivity index (χ0v) is 8.42. The highest BCUT2D eigenvalue weighted by atomic mass is 19.4. The minimum atomic E-state index is -4.35. The van der Waals surface area contributed by atoms with Crippen LogP contribution in [0, 0.1) is 11.3 Å². The third-order valence-corrected chi connectivity index (χ3v) is 2.18. The highest BCUT2D eigenvalue weighted by molar-refractivity contribution is 5.56. The fourth-order valence-electron chi connectivity index (χ4n) is 1.34. The van der Waals surface area contributed by atoms with Crippen LogP contribution in [0.25, 0.3) is 11.4 Å². The van der Waals surface area contributed by atoms with E-state index in [0.29, 0.717) is 11.4 Å². The number of halogens is 3. The van der Waals surface area contributed by atoms with Crippen molar-refractivity contribution in [1.29, 1.82) is 5.26 Å². The Balaban J connectivity index is 2.33. The second kappa shape index (κ2) is 3.94. The minimum absolute atomic E-state index is 0.264. The summed E-state index contributed by atoms with van der Waals surface area (Å²) in [6.45, 7) is 0. The Morgan fingerprint density at radius 2 is 1.82 bits per heavy atom. The number of aromatic nitrogens is 2. The van der Waals surface area contributed by atoms with E-state index in [1.54, 1.807) is 0 Å². The van der Waals surface area contributed by atoms with Gasteiger partial charge in [0.2, 0.25) is 0 Å². The maximum atomic E-state index is 12.3. The van der Waals surface area contributed by atoms with E-state index < -0.39 is 11.7 Å². The lowest BCUT2D eigenvalue weighted by Crippen LogP contribution is -2.04. The first-order valence-corrected chi connectivity index (χ1v) is 4.63. The molecule has 1 heterocycles. The molecule has 0 amide bonds. The van der Waals surface area contributed by atoms with Gasteiger partial charge >= 0.3 is 6.18 Å². The number of nitriles is 1. The van der Waals surface area contributed by atoms with Crippen molar-refractivity contribution in [3.8, 4) is 17.5 Å². The summed E-state index contributed by atoms with van der Waals surface area (Å²) in [5.74, 6) is 0.371. The molecule has 1 aromatic heterocycles. The first-order chi connectivity index (χ1) is 8.00. The molecule has 17 heavy (non-hydrogen) atoms. The monoisotopic (exact) mass is 237 g/mol. The molecular formula is C11H6F3N3. The van der Waals surface area contributed by atoms with E-state index in [4.69, 9.17) is 5.26 Å². The van der Waals surface area contributed by atoms with Gasteiger partial charge in [-0.25, -0.2) is 4.98 Å². The Morgan fingerprint density at radius 1 is 1.18 bits per heavy atom. The van der Waals surface area contributed by atoms with Crippen molar-refractivity contribution in [2.45, 2.75) is 6.18 Å². The van der Waals surface area contributed by atoms with Gasteiger partial charge in [0.15, 0.2) is 0 Å². The quantitative estimate of drug-likeness (QED) is 0.828. The van der Waals surface area contributed by atoms with Crippen molar-refractivity contribution < 1.29 is 13.2 Å². The summed E-state index contributed by atoms with van der Waals surface area (Å²) in [6.07, 6.45) is -3.02. The van der Waals surface area contributed by atoms with Crippen LogP contribution in [0.3, 0.4) is 0 Å². The van der Waals surface area contributed by atoms with E-state index >= 15 is 0 Å². The molecule has 6 heteroatoms. The molecule has 1 aromatic carbocycles. The lowest BCUT2D eigenvalue weighted by Gasteiger charge is -2.06. The van der Waals surface area contributed by atoms with Crippen LogP contribution in [0.2, 0.25) is 0 Å². The van der Waals surface area contributed by atoms with Gasteiger partial charge in [-0.1, -0.05) is 12.1 Å². The van der Waals surface area contributed by atoms with Crippen molar-refractivity contribution in [3.05, 3.63) is 41.7 Å². The van der Waals surface area contributed by atoms with E-state index in [2.05, 4.69) is 9.97 Å². The van der Waals surface area contributed by atoms with Gasteiger partial charge in [-0.2, -0.15) is 18.4 Å². The summed E-state index contributed by atoms with van der Waals surface area (Å²) in [7, 11) is 0. The number of alkyl halides is 3. The van der Waals surface area contributed by atoms with E-state index in [0.717, 1.165) is 12.1 Å². The molecule has 0 bridgehead atoms. The normalized spacial score (nSPS) is 11.2. The Hall–Kier alpha value is -2.29. The molecule has 0 aliphatic rings. The molecule has 0 saturated carbocycles. The third-order valence-electron chi connectivity index (χ3n) is 2.18. The largest absolute Gasteiger partial charge is 0.416 e. The lowest BCUT2D eigenvalue weighted by atomic mass is 10.1. The number of H-pyrrole nitrogens is 1. The average Bonchev–Trinajstić information content (AvgIpc) is 2.76. The summed E-state index contributed by atoms with van der Waals surface area (Å²) in [6, 6.07) is 6.42. The smallest absolute Gasteiger partial charge is 0.330 e. The standard InChI is InChI=1S/C11H6F3N3/c12-11(13,14)8-3-1-7(2-4-8)10-16-6-9(5-15)17-10/h1-4,6H,(H,16,17). The van der Waals surface area contributed by atoms with E-state index in [9.17, 15) is 13.2 Å². The lowest BCUT2D eigenvalue weighted by molar-refractivity contribution is -0.137.